The molecule has 0 aromatic carbocycles. The van der Waals surface area contributed by atoms with Crippen molar-refractivity contribution in [1.82, 2.24) is 10.6 Å². The average molecular weight is 417 g/mol. The lowest BCUT2D eigenvalue weighted by Gasteiger charge is -2.10. The predicted octanol–water partition coefficient (Wildman–Crippen LogP) is 3.42. The number of nitrogens with one attached hydrogen (secondary N) is 2. The molecule has 4 nitrogen and oxygen atoms in total. The molecule has 2 N–H and O–H groups in total. The van der Waals surface area contributed by atoms with Gasteiger partial charge in [-0.15, -0.1) is 41.9 Å². The number of hydrogen-bond donors (Lipinski definition) is 2. The zero-order valence-corrected chi connectivity index (χ0v) is 14.9. The molecule has 2 rings (SSSR count). The Labute approximate surface area is 146 Å². The molecule has 0 fully saturated rings. The van der Waals surface area contributed by atoms with E-state index in [-0.39, 0.29) is 24.0 Å². The number of hydrogen-bond acceptors (Lipinski definition) is 3. The fraction of sp³-hybridized carbons (Fsp3) is 0.267. The van der Waals surface area contributed by atoms with E-state index in [9.17, 15) is 0 Å². The Morgan fingerprint density at radius 3 is 2.90 bits per heavy atom. The highest BCUT2D eigenvalue weighted by molar-refractivity contribution is 14.0. The lowest BCUT2D eigenvalue weighted by atomic mass is 10.3. The highest BCUT2D eigenvalue weighted by atomic mass is 127. The molecular formula is C15H20IN3OS. The molecule has 0 unspecified atom stereocenters. The van der Waals surface area contributed by atoms with E-state index < -0.39 is 0 Å². The van der Waals surface area contributed by atoms with Crippen molar-refractivity contribution >= 4 is 41.3 Å². The van der Waals surface area contributed by atoms with Crippen molar-refractivity contribution < 1.29 is 4.42 Å². The molecular weight excluding hydrogens is 397 g/mol. The molecule has 2 heterocycles. The number of rotatable bonds is 7. The minimum absolute atomic E-state index is 0. The summed E-state index contributed by atoms with van der Waals surface area (Å²) in [5.41, 5.74) is 0. The maximum atomic E-state index is 5.30. The van der Waals surface area contributed by atoms with Crippen LogP contribution in [0, 0.1) is 0 Å². The summed E-state index contributed by atoms with van der Waals surface area (Å²) in [7, 11) is 0. The molecule has 0 spiro atoms. The Morgan fingerprint density at radius 1 is 1.33 bits per heavy atom. The Bertz CT molecular complexity index is 523. The summed E-state index contributed by atoms with van der Waals surface area (Å²) >= 11 is 1.71. The van der Waals surface area contributed by atoms with Crippen LogP contribution in [0.3, 0.4) is 0 Å². The molecule has 0 bridgehead atoms. The van der Waals surface area contributed by atoms with Gasteiger partial charge in [0.15, 0.2) is 5.96 Å². The minimum atomic E-state index is 0. The fourth-order valence-electron chi connectivity index (χ4n) is 1.66. The number of furan rings is 1. The predicted molar refractivity (Wildman–Crippen MR) is 99.5 cm³/mol. The van der Waals surface area contributed by atoms with Gasteiger partial charge >= 0.3 is 0 Å². The van der Waals surface area contributed by atoms with Gasteiger partial charge in [-0.1, -0.05) is 12.1 Å². The van der Waals surface area contributed by atoms with E-state index in [0.717, 1.165) is 24.7 Å². The van der Waals surface area contributed by atoms with E-state index in [4.69, 9.17) is 4.42 Å². The van der Waals surface area contributed by atoms with Crippen molar-refractivity contribution in [2.75, 3.05) is 13.1 Å². The first kappa shape index (κ1) is 17.8. The highest BCUT2D eigenvalue weighted by Gasteiger charge is 2.00. The van der Waals surface area contributed by atoms with Crippen molar-refractivity contribution in [2.24, 2.45) is 4.99 Å². The standard InChI is InChI=1S/C15H19N3OS.HI/c1-2-8-16-15(18-12-14-6-4-11-20-14)17-9-7-13-5-3-10-19-13;/h2-6,10-11H,1,7-9,12H2,(H2,16,17,18);1H. The number of aliphatic imine (C=N–C) groups is 1. The Kier molecular flexibility index (Phi) is 8.84. The second-order valence-electron chi connectivity index (χ2n) is 4.17. The first-order valence-electron chi connectivity index (χ1n) is 6.56. The van der Waals surface area contributed by atoms with Gasteiger partial charge in [0.05, 0.1) is 12.8 Å². The van der Waals surface area contributed by atoms with Crippen LogP contribution in [-0.2, 0) is 13.0 Å². The van der Waals surface area contributed by atoms with E-state index in [1.807, 2.05) is 24.3 Å². The van der Waals surface area contributed by atoms with Crippen LogP contribution >= 0.6 is 35.3 Å². The largest absolute Gasteiger partial charge is 0.469 e. The second-order valence-corrected chi connectivity index (χ2v) is 5.20. The lowest BCUT2D eigenvalue weighted by Crippen LogP contribution is -2.38. The third-order valence-corrected chi connectivity index (χ3v) is 3.49. The normalized spacial score (nSPS) is 10.8. The van der Waals surface area contributed by atoms with Gasteiger partial charge in [-0.3, -0.25) is 0 Å². The van der Waals surface area contributed by atoms with Crippen LogP contribution in [-0.4, -0.2) is 19.0 Å². The first-order valence-corrected chi connectivity index (χ1v) is 7.44. The van der Waals surface area contributed by atoms with Crippen LogP contribution in [0.5, 0.6) is 0 Å². The van der Waals surface area contributed by atoms with Crippen LogP contribution in [0.15, 0.2) is 58.0 Å². The van der Waals surface area contributed by atoms with Gasteiger partial charge in [-0.05, 0) is 23.6 Å². The van der Waals surface area contributed by atoms with Crippen molar-refractivity contribution in [3.63, 3.8) is 0 Å². The molecule has 0 radical (unpaired) electrons. The summed E-state index contributed by atoms with van der Waals surface area (Å²) in [4.78, 5) is 5.80. The molecule has 0 aliphatic carbocycles. The molecule has 0 aliphatic rings. The SMILES string of the molecule is C=CCNC(=NCc1cccs1)NCCc1ccco1.I. The zero-order valence-electron chi connectivity index (χ0n) is 11.7. The minimum Gasteiger partial charge on any atom is -0.469 e. The third kappa shape index (κ3) is 6.81. The molecule has 0 saturated carbocycles. The van der Waals surface area contributed by atoms with E-state index in [1.165, 1.54) is 4.88 Å². The van der Waals surface area contributed by atoms with Gasteiger partial charge in [-0.2, -0.15) is 0 Å². The molecule has 2 aromatic heterocycles. The monoisotopic (exact) mass is 417 g/mol. The number of halogens is 1. The van der Waals surface area contributed by atoms with E-state index in [2.05, 4.69) is 33.7 Å². The van der Waals surface area contributed by atoms with E-state index in [0.29, 0.717) is 13.1 Å². The second kappa shape index (κ2) is 10.4. The average Bonchev–Trinajstić information content (AvgIpc) is 3.14. The van der Waals surface area contributed by atoms with Crippen LogP contribution in [0.1, 0.15) is 10.6 Å². The van der Waals surface area contributed by atoms with Crippen molar-refractivity contribution in [2.45, 2.75) is 13.0 Å². The smallest absolute Gasteiger partial charge is 0.191 e. The van der Waals surface area contributed by atoms with Crippen LogP contribution < -0.4 is 10.6 Å². The molecule has 0 amide bonds. The Balaban J connectivity index is 0.00000220. The molecule has 114 valence electrons. The molecule has 21 heavy (non-hydrogen) atoms. The van der Waals surface area contributed by atoms with Gasteiger partial charge in [0.25, 0.3) is 0 Å². The molecule has 0 saturated heterocycles. The molecule has 6 heteroatoms. The summed E-state index contributed by atoms with van der Waals surface area (Å²) in [5.74, 6) is 1.77. The van der Waals surface area contributed by atoms with E-state index >= 15 is 0 Å². The number of nitrogens with zero attached hydrogens (tertiary/aromatic N) is 1. The van der Waals surface area contributed by atoms with Crippen molar-refractivity contribution in [1.29, 1.82) is 0 Å². The maximum absolute atomic E-state index is 5.30. The van der Waals surface area contributed by atoms with Crippen molar-refractivity contribution in [3.8, 4) is 0 Å². The van der Waals surface area contributed by atoms with Crippen LogP contribution in [0.4, 0.5) is 0 Å². The van der Waals surface area contributed by atoms with Crippen molar-refractivity contribution in [3.05, 3.63) is 59.2 Å². The summed E-state index contributed by atoms with van der Waals surface area (Å²) in [6.45, 7) is 5.86. The summed E-state index contributed by atoms with van der Waals surface area (Å²) < 4.78 is 5.30. The molecule has 2 aromatic rings. The zero-order chi connectivity index (χ0) is 14.0. The quantitative estimate of drug-likeness (QED) is 0.314. The van der Waals surface area contributed by atoms with Gasteiger partial charge in [-0.25, -0.2) is 4.99 Å². The van der Waals surface area contributed by atoms with Gasteiger partial charge in [0.1, 0.15) is 5.76 Å². The third-order valence-electron chi connectivity index (χ3n) is 2.63. The van der Waals surface area contributed by atoms with Crippen LogP contribution in [0.2, 0.25) is 0 Å². The Hall–Kier alpha value is -1.28. The summed E-state index contributed by atoms with van der Waals surface area (Å²) in [6, 6.07) is 8.00. The number of thiophene rings is 1. The van der Waals surface area contributed by atoms with Gasteiger partial charge in [0.2, 0.25) is 0 Å². The van der Waals surface area contributed by atoms with E-state index in [1.54, 1.807) is 17.6 Å². The maximum Gasteiger partial charge on any atom is 0.191 e. The van der Waals surface area contributed by atoms with Crippen LogP contribution in [0.25, 0.3) is 0 Å². The first-order chi connectivity index (χ1) is 9.88. The number of guanidine groups is 1. The summed E-state index contributed by atoms with van der Waals surface area (Å²) in [5, 5.41) is 8.56. The Morgan fingerprint density at radius 2 is 2.24 bits per heavy atom. The molecule has 0 aliphatic heterocycles. The van der Waals surface area contributed by atoms with Gasteiger partial charge < -0.3 is 15.1 Å². The topological polar surface area (TPSA) is 49.6 Å². The fourth-order valence-corrected chi connectivity index (χ4v) is 2.29. The van der Waals surface area contributed by atoms with Gasteiger partial charge in [0, 0.05) is 24.4 Å². The lowest BCUT2D eigenvalue weighted by molar-refractivity contribution is 0.507. The highest BCUT2D eigenvalue weighted by Crippen LogP contribution is 2.09. The molecule has 0 atom stereocenters. The summed E-state index contributed by atoms with van der Waals surface area (Å²) in [6.07, 6.45) is 4.34.